The molecule has 2 N–H and O–H groups in total. The van der Waals surface area contributed by atoms with Crippen molar-refractivity contribution in [2.75, 3.05) is 12.3 Å². The summed E-state index contributed by atoms with van der Waals surface area (Å²) in [6, 6.07) is -0.997. The van der Waals surface area contributed by atoms with Gasteiger partial charge in [-0.25, -0.2) is 9.59 Å². The summed E-state index contributed by atoms with van der Waals surface area (Å²) < 4.78 is 0. The second-order valence-corrected chi connectivity index (χ2v) is 5.36. The highest BCUT2D eigenvalue weighted by Gasteiger charge is 2.40. The third kappa shape index (κ3) is 3.66. The lowest BCUT2D eigenvalue weighted by atomic mass is 10.2. The Bertz CT molecular complexity index is 322. The topological polar surface area (TPSA) is 69.6 Å². The molecule has 0 spiro atoms. The second-order valence-electron chi connectivity index (χ2n) is 4.15. The minimum atomic E-state index is -0.931. The maximum Gasteiger partial charge on any atom is 0.327 e. The zero-order valence-electron chi connectivity index (χ0n) is 10.6. The Morgan fingerprint density at radius 3 is 2.89 bits per heavy atom. The van der Waals surface area contributed by atoms with Crippen LogP contribution >= 0.6 is 11.8 Å². The van der Waals surface area contributed by atoms with Gasteiger partial charge in [0, 0.05) is 12.3 Å². The summed E-state index contributed by atoms with van der Waals surface area (Å²) in [5, 5.41) is 11.8. The molecule has 6 heteroatoms. The molecule has 0 saturated carbocycles. The van der Waals surface area contributed by atoms with Gasteiger partial charge in [0.05, 0.1) is 5.37 Å². The van der Waals surface area contributed by atoms with Crippen molar-refractivity contribution in [3.05, 3.63) is 12.7 Å². The number of nitrogens with one attached hydrogen (secondary N) is 1. The van der Waals surface area contributed by atoms with E-state index in [4.69, 9.17) is 5.11 Å². The van der Waals surface area contributed by atoms with E-state index in [0.29, 0.717) is 18.7 Å². The quantitative estimate of drug-likeness (QED) is 0.572. The maximum atomic E-state index is 12.0. The minimum Gasteiger partial charge on any atom is -0.480 e. The number of urea groups is 1. The number of aliphatic carboxylic acids is 1. The van der Waals surface area contributed by atoms with E-state index < -0.39 is 12.0 Å². The number of rotatable bonds is 6. The number of amides is 2. The van der Waals surface area contributed by atoms with E-state index in [-0.39, 0.29) is 11.4 Å². The summed E-state index contributed by atoms with van der Waals surface area (Å²) >= 11 is 1.54. The van der Waals surface area contributed by atoms with Crippen molar-refractivity contribution in [1.82, 2.24) is 10.2 Å². The Hall–Kier alpha value is -1.17. The fourth-order valence-electron chi connectivity index (χ4n) is 1.87. The van der Waals surface area contributed by atoms with Crippen LogP contribution in [0.1, 0.15) is 26.2 Å². The highest BCUT2D eigenvalue weighted by atomic mass is 32.2. The number of carboxylic acids is 1. The van der Waals surface area contributed by atoms with Gasteiger partial charge in [-0.15, -0.1) is 18.3 Å². The fraction of sp³-hybridized carbons (Fsp3) is 0.667. The van der Waals surface area contributed by atoms with E-state index in [1.807, 2.05) is 6.92 Å². The molecule has 1 rings (SSSR count). The minimum absolute atomic E-state index is 0.0279. The van der Waals surface area contributed by atoms with Crippen molar-refractivity contribution in [3.63, 3.8) is 0 Å². The van der Waals surface area contributed by atoms with E-state index in [1.165, 1.54) is 4.90 Å². The molecule has 2 amide bonds. The molecule has 0 aliphatic carbocycles. The Kier molecular flexibility index (Phi) is 6.04. The molecule has 0 bridgehead atoms. The molecule has 1 aliphatic heterocycles. The van der Waals surface area contributed by atoms with Gasteiger partial charge in [0.1, 0.15) is 6.04 Å². The second kappa shape index (κ2) is 7.31. The van der Waals surface area contributed by atoms with Gasteiger partial charge in [-0.1, -0.05) is 19.4 Å². The smallest absolute Gasteiger partial charge is 0.327 e. The monoisotopic (exact) mass is 272 g/mol. The van der Waals surface area contributed by atoms with Crippen LogP contribution in [0, 0.1) is 0 Å². The number of carboxylic acid groups (broad SMARTS) is 1. The fourth-order valence-corrected chi connectivity index (χ4v) is 3.38. The lowest BCUT2D eigenvalue weighted by molar-refractivity contribution is -0.141. The van der Waals surface area contributed by atoms with Gasteiger partial charge in [0.2, 0.25) is 0 Å². The number of hydrogen-bond donors (Lipinski definition) is 2. The molecule has 1 aliphatic rings. The molecule has 1 fully saturated rings. The number of carbonyl (C=O) groups is 2. The van der Waals surface area contributed by atoms with Crippen molar-refractivity contribution >= 4 is 23.8 Å². The van der Waals surface area contributed by atoms with Crippen LogP contribution in [0.15, 0.2) is 12.7 Å². The van der Waals surface area contributed by atoms with Gasteiger partial charge in [0.25, 0.3) is 0 Å². The van der Waals surface area contributed by atoms with Crippen LogP contribution in [0.5, 0.6) is 0 Å². The molecule has 102 valence electrons. The molecular weight excluding hydrogens is 252 g/mol. The van der Waals surface area contributed by atoms with Crippen LogP contribution in [0.4, 0.5) is 4.79 Å². The zero-order valence-corrected chi connectivity index (χ0v) is 11.4. The van der Waals surface area contributed by atoms with E-state index in [1.54, 1.807) is 17.8 Å². The SMILES string of the molecule is C=CCCNC(=O)N1C(CCC)SCC1C(=O)O. The van der Waals surface area contributed by atoms with Crippen LogP contribution in [-0.2, 0) is 4.79 Å². The molecule has 18 heavy (non-hydrogen) atoms. The number of nitrogens with zero attached hydrogens (tertiary/aromatic N) is 1. The van der Waals surface area contributed by atoms with Gasteiger partial charge >= 0.3 is 12.0 Å². The van der Waals surface area contributed by atoms with Gasteiger partial charge in [-0.3, -0.25) is 4.90 Å². The number of hydrogen-bond acceptors (Lipinski definition) is 3. The van der Waals surface area contributed by atoms with Gasteiger partial charge in [-0.05, 0) is 12.8 Å². The van der Waals surface area contributed by atoms with Crippen molar-refractivity contribution in [2.24, 2.45) is 0 Å². The lowest BCUT2D eigenvalue weighted by Crippen LogP contribution is -2.50. The average molecular weight is 272 g/mol. The summed E-state index contributed by atoms with van der Waals surface area (Å²) in [6.45, 7) is 6.10. The predicted octanol–water partition coefficient (Wildman–Crippen LogP) is 1.90. The number of thioether (sulfide) groups is 1. The van der Waals surface area contributed by atoms with E-state index in [0.717, 1.165) is 12.8 Å². The summed E-state index contributed by atoms with van der Waals surface area (Å²) in [6.07, 6.45) is 4.16. The first-order valence-corrected chi connectivity index (χ1v) is 7.18. The van der Waals surface area contributed by atoms with Crippen LogP contribution in [0.2, 0.25) is 0 Å². The Morgan fingerprint density at radius 1 is 1.61 bits per heavy atom. The summed E-state index contributed by atoms with van der Waals surface area (Å²) in [5.74, 6) is -0.463. The highest BCUT2D eigenvalue weighted by molar-refractivity contribution is 8.00. The van der Waals surface area contributed by atoms with Crippen molar-refractivity contribution in [2.45, 2.75) is 37.6 Å². The normalized spacial score (nSPS) is 22.8. The molecule has 5 nitrogen and oxygen atoms in total. The molecule has 2 unspecified atom stereocenters. The third-order valence-corrected chi connectivity index (χ3v) is 4.13. The highest BCUT2D eigenvalue weighted by Crippen LogP contribution is 2.32. The summed E-state index contributed by atoms with van der Waals surface area (Å²) in [4.78, 5) is 24.6. The molecule has 1 saturated heterocycles. The first-order chi connectivity index (χ1) is 8.61. The van der Waals surface area contributed by atoms with Crippen LogP contribution in [0.3, 0.4) is 0 Å². The zero-order chi connectivity index (χ0) is 13.5. The van der Waals surface area contributed by atoms with Gasteiger partial charge < -0.3 is 10.4 Å². The maximum absolute atomic E-state index is 12.0. The molecule has 0 radical (unpaired) electrons. The predicted molar refractivity (Wildman–Crippen MR) is 72.6 cm³/mol. The number of carbonyl (C=O) groups excluding carboxylic acids is 1. The average Bonchev–Trinajstić information content (AvgIpc) is 2.73. The standard InChI is InChI=1S/C12H20N2O3S/c1-3-5-7-13-12(17)14-9(11(15)16)8-18-10(14)6-4-2/h3,9-10H,1,4-8H2,2H3,(H,13,17)(H,15,16). The first kappa shape index (κ1) is 14.9. The van der Waals surface area contributed by atoms with E-state index >= 15 is 0 Å². The molecule has 0 aromatic heterocycles. The lowest BCUT2D eigenvalue weighted by Gasteiger charge is -2.27. The van der Waals surface area contributed by atoms with Crippen molar-refractivity contribution in [1.29, 1.82) is 0 Å². The van der Waals surface area contributed by atoms with E-state index in [9.17, 15) is 9.59 Å². The molecular formula is C12H20N2O3S. The largest absolute Gasteiger partial charge is 0.480 e. The van der Waals surface area contributed by atoms with Crippen molar-refractivity contribution < 1.29 is 14.7 Å². The van der Waals surface area contributed by atoms with Crippen LogP contribution < -0.4 is 5.32 Å². The van der Waals surface area contributed by atoms with E-state index in [2.05, 4.69) is 11.9 Å². The van der Waals surface area contributed by atoms with Crippen LogP contribution in [-0.4, -0.2) is 45.7 Å². The van der Waals surface area contributed by atoms with Gasteiger partial charge in [-0.2, -0.15) is 0 Å². The molecule has 0 aromatic rings. The molecule has 2 atom stereocenters. The van der Waals surface area contributed by atoms with Crippen molar-refractivity contribution in [3.8, 4) is 0 Å². The van der Waals surface area contributed by atoms with Gasteiger partial charge in [0.15, 0.2) is 0 Å². The Morgan fingerprint density at radius 2 is 2.33 bits per heavy atom. The first-order valence-electron chi connectivity index (χ1n) is 6.13. The third-order valence-electron chi connectivity index (χ3n) is 2.77. The van der Waals surface area contributed by atoms with Crippen LogP contribution in [0.25, 0.3) is 0 Å². The summed E-state index contributed by atoms with van der Waals surface area (Å²) in [7, 11) is 0. The Labute approximate surface area is 112 Å². The Balaban J connectivity index is 2.66. The molecule has 1 heterocycles. The molecule has 0 aromatic carbocycles. The summed E-state index contributed by atoms with van der Waals surface area (Å²) in [5.41, 5.74) is 0.